The number of hydrogen-bond acceptors (Lipinski definition) is 5. The number of fused-ring (bicyclic) bond motifs is 1. The molecule has 0 saturated heterocycles. The van der Waals surface area contributed by atoms with Crippen molar-refractivity contribution in [3.8, 4) is 11.6 Å². The van der Waals surface area contributed by atoms with Crippen LogP contribution < -0.4 is 10.1 Å². The predicted molar refractivity (Wildman–Crippen MR) is 90.8 cm³/mol. The van der Waals surface area contributed by atoms with E-state index in [1.807, 2.05) is 30.3 Å². The fourth-order valence-corrected chi connectivity index (χ4v) is 2.30. The molecule has 7 heteroatoms. The number of nitrogens with one attached hydrogen (secondary N) is 1. The molecule has 1 amide bonds. The highest BCUT2D eigenvalue weighted by Gasteiger charge is 2.13. The molecule has 0 atom stereocenters. The summed E-state index contributed by atoms with van der Waals surface area (Å²) >= 11 is 0. The number of aliphatic carboxylic acids is 1. The predicted octanol–water partition coefficient (Wildman–Crippen LogP) is 2.54. The number of aryl methyl sites for hydroxylation is 1. The van der Waals surface area contributed by atoms with Gasteiger partial charge >= 0.3 is 5.97 Å². The van der Waals surface area contributed by atoms with Gasteiger partial charge in [-0.2, -0.15) is 0 Å². The van der Waals surface area contributed by atoms with Gasteiger partial charge in [0.1, 0.15) is 18.0 Å². The largest absolute Gasteiger partial charge is 0.480 e. The Kier molecular flexibility index (Phi) is 4.56. The van der Waals surface area contributed by atoms with Gasteiger partial charge in [0.15, 0.2) is 0 Å². The number of pyridine rings is 2. The number of hydrogen-bond donors (Lipinski definition) is 2. The molecule has 0 spiro atoms. The van der Waals surface area contributed by atoms with E-state index in [1.54, 1.807) is 25.1 Å². The van der Waals surface area contributed by atoms with Crippen LogP contribution in [-0.4, -0.2) is 33.5 Å². The van der Waals surface area contributed by atoms with Gasteiger partial charge in [-0.15, -0.1) is 0 Å². The molecule has 0 aliphatic rings. The van der Waals surface area contributed by atoms with Crippen LogP contribution in [-0.2, 0) is 4.79 Å². The molecule has 0 aliphatic carbocycles. The minimum Gasteiger partial charge on any atom is -0.480 e. The van der Waals surface area contributed by atoms with Crippen LogP contribution in [0, 0.1) is 6.92 Å². The van der Waals surface area contributed by atoms with Crippen molar-refractivity contribution in [3.63, 3.8) is 0 Å². The van der Waals surface area contributed by atoms with Gasteiger partial charge in [0.2, 0.25) is 5.88 Å². The van der Waals surface area contributed by atoms with Gasteiger partial charge in [0, 0.05) is 11.5 Å². The van der Waals surface area contributed by atoms with E-state index in [2.05, 4.69) is 15.3 Å². The van der Waals surface area contributed by atoms with Gasteiger partial charge in [-0.05, 0) is 31.2 Å². The van der Waals surface area contributed by atoms with Crippen molar-refractivity contribution in [2.45, 2.75) is 6.92 Å². The standard InChI is InChI=1S/C18H15N3O4/c1-11-17-12(9-14(20-11)18(24)19-10-16(22)23)7-8-15(21-17)25-13-5-3-2-4-6-13/h2-9H,10H2,1H3,(H,19,24)(H,22,23). The van der Waals surface area contributed by atoms with Gasteiger partial charge in [-0.3, -0.25) is 9.59 Å². The topological polar surface area (TPSA) is 101 Å². The monoisotopic (exact) mass is 337 g/mol. The van der Waals surface area contributed by atoms with Gasteiger partial charge in [-0.25, -0.2) is 9.97 Å². The van der Waals surface area contributed by atoms with Crippen LogP contribution in [0.25, 0.3) is 10.9 Å². The maximum absolute atomic E-state index is 12.0. The van der Waals surface area contributed by atoms with Crippen LogP contribution >= 0.6 is 0 Å². The molecule has 7 nitrogen and oxygen atoms in total. The van der Waals surface area contributed by atoms with Crippen molar-refractivity contribution in [1.29, 1.82) is 0 Å². The number of aromatic nitrogens is 2. The zero-order chi connectivity index (χ0) is 17.8. The Labute approximate surface area is 143 Å². The number of benzene rings is 1. The van der Waals surface area contributed by atoms with Crippen molar-refractivity contribution < 1.29 is 19.4 Å². The fourth-order valence-electron chi connectivity index (χ4n) is 2.30. The Morgan fingerprint density at radius 1 is 1.12 bits per heavy atom. The summed E-state index contributed by atoms with van der Waals surface area (Å²) in [5.41, 5.74) is 1.31. The lowest BCUT2D eigenvalue weighted by molar-refractivity contribution is -0.135. The number of carboxylic acids is 1. The SMILES string of the molecule is Cc1nc(C(=O)NCC(=O)O)cc2ccc(Oc3ccccc3)nc12. The molecular formula is C18H15N3O4. The third-order valence-corrected chi connectivity index (χ3v) is 3.42. The number of rotatable bonds is 5. The minimum atomic E-state index is -1.12. The summed E-state index contributed by atoms with van der Waals surface area (Å²) in [5, 5.41) is 11.6. The average Bonchev–Trinajstić information content (AvgIpc) is 2.61. The Balaban J connectivity index is 1.88. The van der Waals surface area contributed by atoms with E-state index in [1.165, 1.54) is 0 Å². The van der Waals surface area contributed by atoms with Crippen molar-refractivity contribution in [2.24, 2.45) is 0 Å². The molecule has 0 saturated carbocycles. The second-order valence-corrected chi connectivity index (χ2v) is 5.31. The molecule has 2 aromatic heterocycles. The number of carboxylic acid groups (broad SMARTS) is 1. The average molecular weight is 337 g/mol. The minimum absolute atomic E-state index is 0.143. The number of para-hydroxylation sites is 1. The molecule has 1 aromatic carbocycles. The molecule has 0 unspecified atom stereocenters. The van der Waals surface area contributed by atoms with Gasteiger partial charge < -0.3 is 15.2 Å². The first kappa shape index (κ1) is 16.4. The van der Waals surface area contributed by atoms with Crippen LogP contribution in [0.4, 0.5) is 0 Å². The molecular weight excluding hydrogens is 322 g/mol. The zero-order valence-electron chi connectivity index (χ0n) is 13.4. The highest BCUT2D eigenvalue weighted by atomic mass is 16.5. The highest BCUT2D eigenvalue weighted by Crippen LogP contribution is 2.23. The van der Waals surface area contributed by atoms with E-state index in [9.17, 15) is 9.59 Å². The van der Waals surface area contributed by atoms with Crippen LogP contribution in [0.5, 0.6) is 11.6 Å². The van der Waals surface area contributed by atoms with Crippen molar-refractivity contribution >= 4 is 22.8 Å². The van der Waals surface area contributed by atoms with E-state index >= 15 is 0 Å². The van der Waals surface area contributed by atoms with E-state index in [-0.39, 0.29) is 5.69 Å². The number of nitrogens with zero attached hydrogens (tertiary/aromatic N) is 2. The Morgan fingerprint density at radius 3 is 2.60 bits per heavy atom. The molecule has 2 heterocycles. The number of amides is 1. The zero-order valence-corrected chi connectivity index (χ0v) is 13.4. The summed E-state index contributed by atoms with van der Waals surface area (Å²) in [6.45, 7) is 1.27. The summed E-state index contributed by atoms with van der Waals surface area (Å²) < 4.78 is 5.70. The first-order chi connectivity index (χ1) is 12.0. The van der Waals surface area contributed by atoms with Crippen molar-refractivity contribution in [3.05, 3.63) is 59.9 Å². The third-order valence-electron chi connectivity index (χ3n) is 3.42. The maximum atomic E-state index is 12.0. The fraction of sp³-hybridized carbons (Fsp3) is 0.111. The van der Waals surface area contributed by atoms with Gasteiger partial charge in [0.05, 0.1) is 11.2 Å². The number of carbonyl (C=O) groups is 2. The van der Waals surface area contributed by atoms with E-state index < -0.39 is 18.4 Å². The first-order valence-corrected chi connectivity index (χ1v) is 7.54. The Morgan fingerprint density at radius 2 is 1.88 bits per heavy atom. The lowest BCUT2D eigenvalue weighted by atomic mass is 10.2. The molecule has 3 aromatic rings. The van der Waals surface area contributed by atoms with Crippen LogP contribution in [0.1, 0.15) is 16.2 Å². The van der Waals surface area contributed by atoms with Crippen LogP contribution in [0.3, 0.4) is 0 Å². The molecule has 2 N–H and O–H groups in total. The van der Waals surface area contributed by atoms with Crippen LogP contribution in [0.15, 0.2) is 48.5 Å². The Bertz CT molecular complexity index is 942. The van der Waals surface area contributed by atoms with Gasteiger partial charge in [-0.1, -0.05) is 18.2 Å². The maximum Gasteiger partial charge on any atom is 0.322 e. The third kappa shape index (κ3) is 3.89. The van der Waals surface area contributed by atoms with Crippen molar-refractivity contribution in [1.82, 2.24) is 15.3 Å². The number of carbonyl (C=O) groups excluding carboxylic acids is 1. The van der Waals surface area contributed by atoms with Gasteiger partial charge in [0.25, 0.3) is 5.91 Å². The quantitative estimate of drug-likeness (QED) is 0.742. The normalized spacial score (nSPS) is 10.4. The molecule has 0 bridgehead atoms. The summed E-state index contributed by atoms with van der Waals surface area (Å²) in [5.74, 6) is -0.566. The lowest BCUT2D eigenvalue weighted by Gasteiger charge is -2.09. The summed E-state index contributed by atoms with van der Waals surface area (Å²) in [4.78, 5) is 31.2. The second kappa shape index (κ2) is 6.96. The summed E-state index contributed by atoms with van der Waals surface area (Å²) in [6.07, 6.45) is 0. The molecule has 0 fully saturated rings. The summed E-state index contributed by atoms with van der Waals surface area (Å²) in [7, 11) is 0. The first-order valence-electron chi connectivity index (χ1n) is 7.54. The van der Waals surface area contributed by atoms with E-state index in [0.717, 1.165) is 0 Å². The lowest BCUT2D eigenvalue weighted by Crippen LogP contribution is -2.30. The number of ether oxygens (including phenoxy) is 1. The van der Waals surface area contributed by atoms with E-state index in [0.29, 0.717) is 28.2 Å². The van der Waals surface area contributed by atoms with Crippen LogP contribution in [0.2, 0.25) is 0 Å². The smallest absolute Gasteiger partial charge is 0.322 e. The molecule has 0 radical (unpaired) electrons. The summed E-state index contributed by atoms with van der Waals surface area (Å²) in [6, 6.07) is 14.3. The second-order valence-electron chi connectivity index (χ2n) is 5.31. The molecule has 25 heavy (non-hydrogen) atoms. The molecule has 3 rings (SSSR count). The van der Waals surface area contributed by atoms with Crippen molar-refractivity contribution in [2.75, 3.05) is 6.54 Å². The molecule has 0 aliphatic heterocycles. The molecule has 126 valence electrons. The highest BCUT2D eigenvalue weighted by molar-refractivity contribution is 5.97. The Hall–Kier alpha value is -3.48. The van der Waals surface area contributed by atoms with E-state index in [4.69, 9.17) is 9.84 Å².